The minimum atomic E-state index is 0.918. The van der Waals surface area contributed by atoms with Gasteiger partial charge in [-0.2, -0.15) is 0 Å². The first kappa shape index (κ1) is 9.84. The van der Waals surface area contributed by atoms with Gasteiger partial charge in [0.25, 0.3) is 0 Å². The lowest BCUT2D eigenvalue weighted by atomic mass is 10.2. The van der Waals surface area contributed by atoms with Gasteiger partial charge in [0.15, 0.2) is 0 Å². The molecule has 0 N–H and O–H groups in total. The molecule has 0 radical (unpaired) electrons. The van der Waals surface area contributed by atoms with Gasteiger partial charge in [-0.25, -0.2) is 0 Å². The Bertz CT molecular complexity index is 352. The summed E-state index contributed by atoms with van der Waals surface area (Å²) in [5, 5.41) is 0. The molecule has 0 aliphatic heterocycles. The molecule has 0 saturated carbocycles. The molecule has 3 heteroatoms. The van der Waals surface area contributed by atoms with Crippen LogP contribution in [0.3, 0.4) is 0 Å². The molecule has 0 bridgehead atoms. The molecule has 1 aromatic heterocycles. The highest BCUT2D eigenvalue weighted by atomic mass is 16.5. The normalized spacial score (nSPS) is 11.8. The summed E-state index contributed by atoms with van der Waals surface area (Å²) in [5.41, 5.74) is 2.13. The average molecular weight is 180 g/mol. The first-order chi connectivity index (χ1) is 6.22. The van der Waals surface area contributed by atoms with Crippen LogP contribution in [0.2, 0.25) is 0 Å². The van der Waals surface area contributed by atoms with E-state index in [1.165, 1.54) is 5.56 Å². The molecule has 1 rings (SSSR count). The van der Waals surface area contributed by atoms with Crippen LogP contribution in [0, 0.1) is 0 Å². The molecule has 0 saturated heterocycles. The summed E-state index contributed by atoms with van der Waals surface area (Å²) in [6.45, 7) is 2.11. The van der Waals surface area contributed by atoms with Gasteiger partial charge in [-0.15, -0.1) is 0 Å². The summed E-state index contributed by atoms with van der Waals surface area (Å²) in [4.78, 5) is 4.14. The Morgan fingerprint density at radius 3 is 2.69 bits per heavy atom. The fraction of sp³-hybridized carbons (Fsp3) is 0.500. The molecule has 0 fully saturated rings. The quantitative estimate of drug-likeness (QED) is 0.670. The van der Waals surface area contributed by atoms with Crippen molar-refractivity contribution in [1.29, 1.82) is 0 Å². The number of aromatic nitrogens is 1. The van der Waals surface area contributed by atoms with Gasteiger partial charge in [0.2, 0.25) is 0 Å². The zero-order valence-electron chi connectivity index (χ0n) is 8.66. The molecule has 3 nitrogen and oxygen atoms in total. The van der Waals surface area contributed by atoms with Crippen molar-refractivity contribution in [2.24, 2.45) is 12.0 Å². The van der Waals surface area contributed by atoms with Crippen LogP contribution in [-0.4, -0.2) is 18.7 Å². The number of hydrogen-bond donors (Lipinski definition) is 0. The summed E-state index contributed by atoms with van der Waals surface area (Å²) in [6.07, 6.45) is 3.03. The molecule has 1 aromatic rings. The summed E-state index contributed by atoms with van der Waals surface area (Å²) >= 11 is 0. The van der Waals surface area contributed by atoms with Gasteiger partial charge in [0.1, 0.15) is 11.2 Å². The maximum absolute atomic E-state index is 5.26. The van der Waals surface area contributed by atoms with Crippen molar-refractivity contribution in [1.82, 2.24) is 4.57 Å². The van der Waals surface area contributed by atoms with E-state index in [1.54, 1.807) is 14.2 Å². The Balaban J connectivity index is 3.35. The molecule has 0 atom stereocenters. The predicted molar refractivity (Wildman–Crippen MR) is 52.8 cm³/mol. The third kappa shape index (κ3) is 1.91. The monoisotopic (exact) mass is 180 g/mol. The minimum Gasteiger partial charge on any atom is -0.496 e. The average Bonchev–Trinajstić information content (AvgIpc) is 2.17. The van der Waals surface area contributed by atoms with Crippen LogP contribution in [0.4, 0.5) is 0 Å². The van der Waals surface area contributed by atoms with Crippen molar-refractivity contribution in [2.75, 3.05) is 14.2 Å². The maximum Gasteiger partial charge on any atom is 0.130 e. The van der Waals surface area contributed by atoms with E-state index < -0.39 is 0 Å². The molecular formula is C10H16N2O. The highest BCUT2D eigenvalue weighted by Crippen LogP contribution is 2.14. The number of pyridine rings is 1. The molecule has 0 amide bonds. The van der Waals surface area contributed by atoms with Crippen LogP contribution in [0.15, 0.2) is 17.3 Å². The summed E-state index contributed by atoms with van der Waals surface area (Å²) in [5.74, 6) is 0.918. The lowest BCUT2D eigenvalue weighted by Crippen LogP contribution is -2.18. The van der Waals surface area contributed by atoms with E-state index in [4.69, 9.17) is 4.74 Å². The number of methoxy groups -OCH3 is 1. The molecule has 1 heterocycles. The second kappa shape index (κ2) is 4.12. The summed E-state index contributed by atoms with van der Waals surface area (Å²) in [7, 11) is 5.45. The van der Waals surface area contributed by atoms with Gasteiger partial charge in [-0.1, -0.05) is 6.92 Å². The standard InChI is InChI=1S/C10H16N2O/c1-5-8-7-12(3)10(11-2)6-9(8)13-4/h6-7H,5H2,1-4H3. The molecule has 13 heavy (non-hydrogen) atoms. The van der Waals surface area contributed by atoms with E-state index in [2.05, 4.69) is 18.1 Å². The Kier molecular flexibility index (Phi) is 3.12. The van der Waals surface area contributed by atoms with Crippen molar-refractivity contribution in [2.45, 2.75) is 13.3 Å². The second-order valence-electron chi connectivity index (χ2n) is 2.91. The largest absolute Gasteiger partial charge is 0.496 e. The lowest BCUT2D eigenvalue weighted by Gasteiger charge is -2.09. The van der Waals surface area contributed by atoms with Crippen LogP contribution < -0.4 is 10.2 Å². The predicted octanol–water partition coefficient (Wildman–Crippen LogP) is 1.13. The summed E-state index contributed by atoms with van der Waals surface area (Å²) < 4.78 is 7.26. The first-order valence-electron chi connectivity index (χ1n) is 4.39. The van der Waals surface area contributed by atoms with Crippen LogP contribution in [0.25, 0.3) is 0 Å². The van der Waals surface area contributed by atoms with Crippen molar-refractivity contribution >= 4 is 0 Å². The third-order valence-corrected chi connectivity index (χ3v) is 2.12. The third-order valence-electron chi connectivity index (χ3n) is 2.12. The molecule has 0 unspecified atom stereocenters. The van der Waals surface area contributed by atoms with Crippen LogP contribution in [-0.2, 0) is 13.5 Å². The zero-order valence-corrected chi connectivity index (χ0v) is 8.66. The highest BCUT2D eigenvalue weighted by Gasteiger charge is 2.01. The number of ether oxygens (including phenoxy) is 1. The van der Waals surface area contributed by atoms with Gasteiger partial charge in [0, 0.05) is 31.9 Å². The number of aryl methyl sites for hydroxylation is 2. The van der Waals surface area contributed by atoms with E-state index in [9.17, 15) is 0 Å². The van der Waals surface area contributed by atoms with Crippen molar-refractivity contribution in [3.05, 3.63) is 23.3 Å². The van der Waals surface area contributed by atoms with E-state index in [-0.39, 0.29) is 0 Å². The van der Waals surface area contributed by atoms with Gasteiger partial charge in [-0.3, -0.25) is 4.99 Å². The Labute approximate surface area is 78.7 Å². The van der Waals surface area contributed by atoms with Crippen LogP contribution in [0.5, 0.6) is 5.75 Å². The van der Waals surface area contributed by atoms with Gasteiger partial charge < -0.3 is 9.30 Å². The van der Waals surface area contributed by atoms with E-state index in [0.29, 0.717) is 0 Å². The van der Waals surface area contributed by atoms with Crippen molar-refractivity contribution < 1.29 is 4.74 Å². The van der Waals surface area contributed by atoms with Gasteiger partial charge >= 0.3 is 0 Å². The number of rotatable bonds is 2. The molecular weight excluding hydrogens is 164 g/mol. The molecule has 72 valence electrons. The molecule has 0 aromatic carbocycles. The van der Waals surface area contributed by atoms with E-state index >= 15 is 0 Å². The highest BCUT2D eigenvalue weighted by molar-refractivity contribution is 5.30. The van der Waals surface area contributed by atoms with Gasteiger partial charge in [-0.05, 0) is 6.42 Å². The lowest BCUT2D eigenvalue weighted by molar-refractivity contribution is 0.407. The van der Waals surface area contributed by atoms with Crippen molar-refractivity contribution in [3.8, 4) is 5.75 Å². The van der Waals surface area contributed by atoms with Crippen LogP contribution >= 0.6 is 0 Å². The fourth-order valence-electron chi connectivity index (χ4n) is 1.35. The Hall–Kier alpha value is -1.25. The van der Waals surface area contributed by atoms with E-state index in [1.807, 2.05) is 17.7 Å². The van der Waals surface area contributed by atoms with Gasteiger partial charge in [0.05, 0.1) is 7.11 Å². The summed E-state index contributed by atoms with van der Waals surface area (Å²) in [6, 6.07) is 1.96. The fourth-order valence-corrected chi connectivity index (χ4v) is 1.35. The van der Waals surface area contributed by atoms with Crippen molar-refractivity contribution in [3.63, 3.8) is 0 Å². The zero-order chi connectivity index (χ0) is 9.84. The molecule has 0 spiro atoms. The Morgan fingerprint density at radius 1 is 1.54 bits per heavy atom. The number of hydrogen-bond acceptors (Lipinski definition) is 2. The van der Waals surface area contributed by atoms with E-state index in [0.717, 1.165) is 17.7 Å². The number of nitrogens with zero attached hydrogens (tertiary/aromatic N) is 2. The smallest absolute Gasteiger partial charge is 0.130 e. The molecule has 0 aliphatic carbocycles. The maximum atomic E-state index is 5.26. The topological polar surface area (TPSA) is 26.5 Å². The molecule has 0 aliphatic rings. The minimum absolute atomic E-state index is 0.918. The SMILES string of the molecule is CCc1cn(C)c(=NC)cc1OC. The van der Waals surface area contributed by atoms with Crippen LogP contribution in [0.1, 0.15) is 12.5 Å². The Morgan fingerprint density at radius 2 is 2.23 bits per heavy atom. The second-order valence-corrected chi connectivity index (χ2v) is 2.91. The first-order valence-corrected chi connectivity index (χ1v) is 4.39.